The molecule has 3 rings (SSSR count). The van der Waals surface area contributed by atoms with E-state index in [1.54, 1.807) is 17.7 Å². The molecule has 5 nitrogen and oxygen atoms in total. The van der Waals surface area contributed by atoms with Gasteiger partial charge >= 0.3 is 0 Å². The first-order chi connectivity index (χ1) is 10.5. The van der Waals surface area contributed by atoms with Gasteiger partial charge in [-0.2, -0.15) is 0 Å². The maximum absolute atomic E-state index is 12.7. The van der Waals surface area contributed by atoms with Gasteiger partial charge in [-0.3, -0.25) is 14.3 Å². The molecular weight excluding hydrogens is 276 g/mol. The van der Waals surface area contributed by atoms with Crippen molar-refractivity contribution in [2.75, 3.05) is 0 Å². The largest absolute Gasteiger partial charge is 0.323 e. The standard InChI is InChI=1S/C17H18N4O/c1-10-9-13-15(14(19-10)11(2)18)20-16(21(3)17(13)22)12-7-5-4-6-8-12/h4-9,11H,18H2,1-3H3/t11-/m1/s1. The summed E-state index contributed by atoms with van der Waals surface area (Å²) in [6.07, 6.45) is 0. The SMILES string of the molecule is Cc1cc2c(=O)n(C)c(-c3ccccc3)nc2c([C@@H](C)N)n1. The number of aromatic nitrogens is 3. The van der Waals surface area contributed by atoms with Gasteiger partial charge in [-0.15, -0.1) is 0 Å². The average molecular weight is 294 g/mol. The van der Waals surface area contributed by atoms with E-state index < -0.39 is 0 Å². The molecule has 0 aliphatic rings. The van der Waals surface area contributed by atoms with Gasteiger partial charge in [0.15, 0.2) is 0 Å². The zero-order valence-electron chi connectivity index (χ0n) is 12.9. The summed E-state index contributed by atoms with van der Waals surface area (Å²) in [5.41, 5.74) is 8.83. The number of nitrogens with zero attached hydrogens (tertiary/aromatic N) is 3. The van der Waals surface area contributed by atoms with Crippen LogP contribution in [-0.2, 0) is 7.05 Å². The van der Waals surface area contributed by atoms with Gasteiger partial charge in [-0.05, 0) is 19.9 Å². The van der Waals surface area contributed by atoms with E-state index >= 15 is 0 Å². The van der Waals surface area contributed by atoms with Crippen LogP contribution in [0.3, 0.4) is 0 Å². The van der Waals surface area contributed by atoms with Crippen molar-refractivity contribution in [3.63, 3.8) is 0 Å². The molecule has 0 saturated carbocycles. The molecule has 5 heteroatoms. The second kappa shape index (κ2) is 5.35. The highest BCUT2D eigenvalue weighted by Crippen LogP contribution is 2.22. The predicted octanol–water partition coefficient (Wildman–Crippen LogP) is 2.32. The Kier molecular flexibility index (Phi) is 3.50. The van der Waals surface area contributed by atoms with Crippen molar-refractivity contribution in [1.29, 1.82) is 0 Å². The molecule has 0 amide bonds. The molecule has 0 aliphatic heterocycles. The highest BCUT2D eigenvalue weighted by atomic mass is 16.1. The number of benzene rings is 1. The molecule has 2 N–H and O–H groups in total. The number of hydrogen-bond donors (Lipinski definition) is 1. The lowest BCUT2D eigenvalue weighted by Crippen LogP contribution is -2.22. The Morgan fingerprint density at radius 3 is 2.50 bits per heavy atom. The lowest BCUT2D eigenvalue weighted by Gasteiger charge is -2.13. The minimum atomic E-state index is -0.286. The minimum Gasteiger partial charge on any atom is -0.323 e. The highest BCUT2D eigenvalue weighted by molar-refractivity contribution is 5.82. The number of aryl methyl sites for hydroxylation is 1. The van der Waals surface area contributed by atoms with E-state index in [1.165, 1.54) is 0 Å². The zero-order valence-corrected chi connectivity index (χ0v) is 12.9. The Morgan fingerprint density at radius 2 is 1.86 bits per heavy atom. The van der Waals surface area contributed by atoms with Gasteiger partial charge in [0.1, 0.15) is 11.3 Å². The van der Waals surface area contributed by atoms with Crippen molar-refractivity contribution in [1.82, 2.24) is 14.5 Å². The molecule has 0 radical (unpaired) electrons. The van der Waals surface area contributed by atoms with Gasteiger partial charge in [-0.25, -0.2) is 4.98 Å². The maximum Gasteiger partial charge on any atom is 0.261 e. The summed E-state index contributed by atoms with van der Waals surface area (Å²) < 4.78 is 1.57. The van der Waals surface area contributed by atoms with Gasteiger partial charge in [0.05, 0.1) is 11.1 Å². The van der Waals surface area contributed by atoms with Crippen molar-refractivity contribution in [3.05, 3.63) is 58.1 Å². The van der Waals surface area contributed by atoms with Crippen LogP contribution < -0.4 is 11.3 Å². The molecule has 1 atom stereocenters. The Labute approximate surface area is 128 Å². The van der Waals surface area contributed by atoms with Crippen LogP contribution in [0.4, 0.5) is 0 Å². The Hall–Kier alpha value is -2.53. The third-order valence-electron chi connectivity index (χ3n) is 3.68. The Bertz CT molecular complexity index is 898. The summed E-state index contributed by atoms with van der Waals surface area (Å²) in [6, 6.07) is 11.1. The second-order valence-corrected chi connectivity index (χ2v) is 5.50. The summed E-state index contributed by atoms with van der Waals surface area (Å²) >= 11 is 0. The molecule has 0 aliphatic carbocycles. The Morgan fingerprint density at radius 1 is 1.18 bits per heavy atom. The average Bonchev–Trinajstić information content (AvgIpc) is 2.51. The van der Waals surface area contributed by atoms with Crippen molar-refractivity contribution in [3.8, 4) is 11.4 Å². The highest BCUT2D eigenvalue weighted by Gasteiger charge is 2.16. The fourth-order valence-electron chi connectivity index (χ4n) is 2.59. The summed E-state index contributed by atoms with van der Waals surface area (Å²) in [4.78, 5) is 21.9. The van der Waals surface area contributed by atoms with Crippen LogP contribution in [-0.4, -0.2) is 14.5 Å². The fourth-order valence-corrected chi connectivity index (χ4v) is 2.59. The van der Waals surface area contributed by atoms with Crippen molar-refractivity contribution in [2.24, 2.45) is 12.8 Å². The third-order valence-corrected chi connectivity index (χ3v) is 3.68. The lowest BCUT2D eigenvalue weighted by atomic mass is 10.1. The summed E-state index contributed by atoms with van der Waals surface area (Å²) in [6.45, 7) is 3.71. The lowest BCUT2D eigenvalue weighted by molar-refractivity contribution is 0.777. The Balaban J connectivity index is 2.43. The van der Waals surface area contributed by atoms with Crippen LogP contribution in [0, 0.1) is 6.92 Å². The predicted molar refractivity (Wildman–Crippen MR) is 87.6 cm³/mol. The number of hydrogen-bond acceptors (Lipinski definition) is 4. The first-order valence-corrected chi connectivity index (χ1v) is 7.18. The minimum absolute atomic E-state index is 0.0868. The van der Waals surface area contributed by atoms with Crippen molar-refractivity contribution in [2.45, 2.75) is 19.9 Å². The van der Waals surface area contributed by atoms with E-state index in [2.05, 4.69) is 9.97 Å². The second-order valence-electron chi connectivity index (χ2n) is 5.50. The number of rotatable bonds is 2. The molecule has 1 aromatic carbocycles. The monoisotopic (exact) mass is 294 g/mol. The molecule has 2 heterocycles. The van der Waals surface area contributed by atoms with E-state index in [-0.39, 0.29) is 11.6 Å². The van der Waals surface area contributed by atoms with Gasteiger partial charge in [0.2, 0.25) is 0 Å². The van der Waals surface area contributed by atoms with Crippen LogP contribution in [0.15, 0.2) is 41.2 Å². The summed E-state index contributed by atoms with van der Waals surface area (Å²) in [5, 5.41) is 0.557. The first kappa shape index (κ1) is 14.4. The topological polar surface area (TPSA) is 73.8 Å². The number of fused-ring (bicyclic) bond motifs is 1. The smallest absolute Gasteiger partial charge is 0.261 e. The van der Waals surface area contributed by atoms with Crippen molar-refractivity contribution >= 4 is 10.9 Å². The maximum atomic E-state index is 12.7. The number of pyridine rings is 1. The van der Waals surface area contributed by atoms with Crippen LogP contribution in [0.5, 0.6) is 0 Å². The van der Waals surface area contributed by atoms with Gasteiger partial charge in [-0.1, -0.05) is 30.3 Å². The van der Waals surface area contributed by atoms with Crippen molar-refractivity contribution < 1.29 is 0 Å². The van der Waals surface area contributed by atoms with E-state index in [0.717, 1.165) is 11.3 Å². The molecule has 0 unspecified atom stereocenters. The molecule has 0 fully saturated rings. The fraction of sp³-hybridized carbons (Fsp3) is 0.235. The van der Waals surface area contributed by atoms with Crippen LogP contribution in [0.25, 0.3) is 22.3 Å². The molecule has 2 aromatic heterocycles. The van der Waals surface area contributed by atoms with E-state index in [4.69, 9.17) is 5.73 Å². The first-order valence-electron chi connectivity index (χ1n) is 7.18. The number of nitrogens with two attached hydrogens (primary N) is 1. The van der Waals surface area contributed by atoms with Gasteiger partial charge in [0.25, 0.3) is 5.56 Å². The molecule has 0 spiro atoms. The van der Waals surface area contributed by atoms with E-state index in [1.807, 2.05) is 44.2 Å². The van der Waals surface area contributed by atoms with Gasteiger partial charge < -0.3 is 5.73 Å². The normalized spacial score (nSPS) is 12.5. The molecule has 22 heavy (non-hydrogen) atoms. The van der Waals surface area contributed by atoms with Crippen LogP contribution in [0.1, 0.15) is 24.4 Å². The van der Waals surface area contributed by atoms with Gasteiger partial charge in [0, 0.05) is 24.3 Å². The third kappa shape index (κ3) is 2.29. The molecule has 112 valence electrons. The van der Waals surface area contributed by atoms with E-state index in [0.29, 0.717) is 22.4 Å². The summed E-state index contributed by atoms with van der Waals surface area (Å²) in [5.74, 6) is 0.616. The summed E-state index contributed by atoms with van der Waals surface area (Å²) in [7, 11) is 1.73. The van der Waals surface area contributed by atoms with E-state index in [9.17, 15) is 4.79 Å². The quantitative estimate of drug-likeness (QED) is 0.787. The molecule has 0 bridgehead atoms. The zero-order chi connectivity index (χ0) is 15.9. The van der Waals surface area contributed by atoms with Crippen LogP contribution in [0.2, 0.25) is 0 Å². The molecule has 0 saturated heterocycles. The molecule has 3 aromatic rings. The van der Waals surface area contributed by atoms with Crippen LogP contribution >= 0.6 is 0 Å². The molecular formula is C17H18N4O.